The first-order valence-corrected chi connectivity index (χ1v) is 15.1. The van der Waals surface area contributed by atoms with Gasteiger partial charge in [0.1, 0.15) is 5.60 Å². The highest BCUT2D eigenvalue weighted by molar-refractivity contribution is 5.28. The van der Waals surface area contributed by atoms with Gasteiger partial charge in [-0.25, -0.2) is 0 Å². The summed E-state index contributed by atoms with van der Waals surface area (Å²) in [4.78, 5) is 0. The van der Waals surface area contributed by atoms with Crippen LogP contribution in [0, 0.1) is 17.3 Å². The summed E-state index contributed by atoms with van der Waals surface area (Å²) in [7, 11) is 0. The van der Waals surface area contributed by atoms with Crippen LogP contribution in [-0.2, 0) is 38.8 Å². The first kappa shape index (κ1) is 28.6. The van der Waals surface area contributed by atoms with Gasteiger partial charge in [0.15, 0.2) is 0 Å². The highest BCUT2D eigenvalue weighted by Crippen LogP contribution is 2.67. The molecule has 8 atom stereocenters. The van der Waals surface area contributed by atoms with E-state index in [4.69, 9.17) is 18.9 Å². The highest BCUT2D eigenvalue weighted by Gasteiger charge is 2.79. The Balaban J connectivity index is 1.42. The topological polar surface area (TPSA) is 57.2 Å². The largest absolute Gasteiger partial charge is 0.390 e. The number of hydrogen-bond donors (Lipinski definition) is 1. The normalized spacial score (nSPS) is 35.6. The lowest BCUT2D eigenvalue weighted by molar-refractivity contribution is -0.315. The van der Waals surface area contributed by atoms with Gasteiger partial charge in [0, 0.05) is 5.92 Å². The smallest absolute Gasteiger partial charge is 0.108 e. The standard InChI is InChI=1S/C36H44O5/c1-25-20-21-29(38-22-26-14-8-5-9-15-26)35(4)33(40-24-28-18-12-7-13-19-28)31(39-23-27-16-10-6-11-17-27)30-32(37)36(25,35)41-34(30,2)3/h5-19,25,29-33,37H,20-24H2,1-4H3/t25-,29+,30+,31-,32-,33-,35+,36-/m1/s1. The maximum atomic E-state index is 12.3. The molecule has 6 rings (SSSR count). The molecular weight excluding hydrogens is 512 g/mol. The van der Waals surface area contributed by atoms with Gasteiger partial charge in [-0.15, -0.1) is 0 Å². The average molecular weight is 557 g/mol. The first-order chi connectivity index (χ1) is 19.8. The number of ether oxygens (including phenoxy) is 4. The van der Waals surface area contributed by atoms with Gasteiger partial charge in [0.2, 0.25) is 0 Å². The molecule has 2 bridgehead atoms. The van der Waals surface area contributed by atoms with Crippen LogP contribution in [0.4, 0.5) is 0 Å². The maximum absolute atomic E-state index is 12.3. The van der Waals surface area contributed by atoms with Crippen LogP contribution in [0.5, 0.6) is 0 Å². The third kappa shape index (κ3) is 4.86. The Morgan fingerprint density at radius 1 is 0.707 bits per heavy atom. The molecule has 3 aliphatic rings. The van der Waals surface area contributed by atoms with E-state index in [-0.39, 0.29) is 24.0 Å². The summed E-state index contributed by atoms with van der Waals surface area (Å²) in [5.41, 5.74) is 1.23. The second-order valence-corrected chi connectivity index (χ2v) is 13.0. The minimum atomic E-state index is -0.825. The molecular formula is C36H44O5. The van der Waals surface area contributed by atoms with E-state index in [2.05, 4.69) is 64.1 Å². The molecule has 218 valence electrons. The van der Waals surface area contributed by atoms with E-state index >= 15 is 0 Å². The molecule has 3 aromatic carbocycles. The van der Waals surface area contributed by atoms with Gasteiger partial charge in [-0.2, -0.15) is 0 Å². The Kier molecular flexibility index (Phi) is 7.86. The molecule has 1 spiro atoms. The lowest BCUT2D eigenvalue weighted by Crippen LogP contribution is -2.75. The quantitative estimate of drug-likeness (QED) is 0.317. The molecule has 1 heterocycles. The fourth-order valence-corrected chi connectivity index (χ4v) is 8.25. The van der Waals surface area contributed by atoms with Crippen LogP contribution in [0.25, 0.3) is 0 Å². The van der Waals surface area contributed by atoms with Gasteiger partial charge in [0.25, 0.3) is 0 Å². The van der Waals surface area contributed by atoms with Gasteiger partial charge in [-0.3, -0.25) is 0 Å². The Morgan fingerprint density at radius 2 is 1.20 bits per heavy atom. The van der Waals surface area contributed by atoms with Crippen LogP contribution < -0.4 is 0 Å². The minimum Gasteiger partial charge on any atom is -0.390 e. The molecule has 0 aromatic heterocycles. The molecule has 3 fully saturated rings. The zero-order chi connectivity index (χ0) is 28.7. The molecule has 0 amide bonds. The van der Waals surface area contributed by atoms with Crippen molar-refractivity contribution in [3.05, 3.63) is 108 Å². The zero-order valence-corrected chi connectivity index (χ0v) is 24.7. The number of aliphatic hydroxyl groups is 1. The van der Waals surface area contributed by atoms with Crippen molar-refractivity contribution >= 4 is 0 Å². The number of rotatable bonds is 9. The van der Waals surface area contributed by atoms with Crippen molar-refractivity contribution in [3.63, 3.8) is 0 Å². The summed E-state index contributed by atoms with van der Waals surface area (Å²) in [6.07, 6.45) is 0.132. The molecule has 1 aliphatic heterocycles. The third-order valence-corrected chi connectivity index (χ3v) is 10.2. The Labute approximate surface area is 244 Å². The predicted molar refractivity (Wildman–Crippen MR) is 159 cm³/mol. The molecule has 5 nitrogen and oxygen atoms in total. The van der Waals surface area contributed by atoms with Gasteiger partial charge in [-0.1, -0.05) is 105 Å². The average Bonchev–Trinajstić information content (AvgIpc) is 3.16. The Morgan fingerprint density at radius 3 is 1.73 bits per heavy atom. The molecule has 3 aromatic rings. The van der Waals surface area contributed by atoms with E-state index in [9.17, 15) is 5.11 Å². The van der Waals surface area contributed by atoms with E-state index in [1.54, 1.807) is 0 Å². The summed E-state index contributed by atoms with van der Waals surface area (Å²) in [6.45, 7) is 10.1. The van der Waals surface area contributed by atoms with E-state index in [0.717, 1.165) is 29.5 Å². The second-order valence-electron chi connectivity index (χ2n) is 13.0. The van der Waals surface area contributed by atoms with Crippen molar-refractivity contribution in [2.24, 2.45) is 17.3 Å². The zero-order valence-electron chi connectivity index (χ0n) is 24.7. The molecule has 2 aliphatic carbocycles. The lowest BCUT2D eigenvalue weighted by Gasteiger charge is -2.63. The van der Waals surface area contributed by atoms with Crippen molar-refractivity contribution in [1.82, 2.24) is 0 Å². The summed E-state index contributed by atoms with van der Waals surface area (Å²) < 4.78 is 27.8. The van der Waals surface area contributed by atoms with E-state index in [1.807, 2.05) is 54.6 Å². The van der Waals surface area contributed by atoms with Gasteiger partial charge in [-0.05, 0) is 49.3 Å². The second kappa shape index (κ2) is 11.3. The molecule has 41 heavy (non-hydrogen) atoms. The number of fused-ring (bicyclic) bond motifs is 1. The van der Waals surface area contributed by atoms with Crippen LogP contribution in [0.2, 0.25) is 0 Å². The van der Waals surface area contributed by atoms with E-state index < -0.39 is 28.8 Å². The summed E-state index contributed by atoms with van der Waals surface area (Å²) >= 11 is 0. The summed E-state index contributed by atoms with van der Waals surface area (Å²) in [5.74, 6) is -0.128. The Bertz CT molecular complexity index is 1280. The van der Waals surface area contributed by atoms with Crippen molar-refractivity contribution in [1.29, 1.82) is 0 Å². The minimum absolute atomic E-state index is 0.126. The van der Waals surface area contributed by atoms with Crippen molar-refractivity contribution in [3.8, 4) is 0 Å². The van der Waals surface area contributed by atoms with Crippen LogP contribution >= 0.6 is 0 Å². The number of aliphatic hydroxyl groups excluding tert-OH is 1. The van der Waals surface area contributed by atoms with Gasteiger partial charge >= 0.3 is 0 Å². The van der Waals surface area contributed by atoms with Crippen molar-refractivity contribution in [2.45, 2.75) is 96.0 Å². The van der Waals surface area contributed by atoms with Crippen molar-refractivity contribution in [2.75, 3.05) is 0 Å². The monoisotopic (exact) mass is 556 g/mol. The van der Waals surface area contributed by atoms with E-state index in [0.29, 0.717) is 19.8 Å². The SMILES string of the molecule is C[C@@H]1CC[C@H](OCc2ccccc2)[C@@]2(C)[C@H](OCc3ccccc3)[C@H](OCc3ccccc3)[C@H]3[C@@H](O)[C@]12OC3(C)C. The van der Waals surface area contributed by atoms with Crippen LogP contribution in [0.3, 0.4) is 0 Å². The maximum Gasteiger partial charge on any atom is 0.108 e. The number of benzene rings is 3. The third-order valence-electron chi connectivity index (χ3n) is 10.2. The van der Waals surface area contributed by atoms with Gasteiger partial charge < -0.3 is 24.1 Å². The molecule has 1 saturated heterocycles. The Hall–Kier alpha value is -2.54. The van der Waals surface area contributed by atoms with Crippen molar-refractivity contribution < 1.29 is 24.1 Å². The fraction of sp³-hybridized carbons (Fsp3) is 0.500. The van der Waals surface area contributed by atoms with E-state index in [1.165, 1.54) is 0 Å². The van der Waals surface area contributed by atoms with Crippen LogP contribution in [0.15, 0.2) is 91.0 Å². The van der Waals surface area contributed by atoms with Crippen LogP contribution in [-0.4, -0.2) is 40.7 Å². The first-order valence-electron chi connectivity index (χ1n) is 15.1. The summed E-state index contributed by atoms with van der Waals surface area (Å²) in [6, 6.07) is 30.8. The predicted octanol–water partition coefficient (Wildman–Crippen LogP) is 6.72. The molecule has 1 N–H and O–H groups in total. The lowest BCUT2D eigenvalue weighted by atomic mass is 9.48. The van der Waals surface area contributed by atoms with Gasteiger partial charge in [0.05, 0.1) is 55.3 Å². The number of hydrogen-bond acceptors (Lipinski definition) is 5. The summed E-state index contributed by atoms with van der Waals surface area (Å²) in [5, 5.41) is 12.3. The fourth-order valence-electron chi connectivity index (χ4n) is 8.25. The molecule has 0 unspecified atom stereocenters. The molecule has 5 heteroatoms. The highest BCUT2D eigenvalue weighted by atomic mass is 16.6. The van der Waals surface area contributed by atoms with Crippen LogP contribution in [0.1, 0.15) is 57.2 Å². The molecule has 2 saturated carbocycles. The molecule has 0 radical (unpaired) electrons.